The molecule has 1 amide bonds. The molecule has 0 fully saturated rings. The van der Waals surface area contributed by atoms with E-state index in [1.165, 1.54) is 26.3 Å². The van der Waals surface area contributed by atoms with E-state index in [1.54, 1.807) is 19.9 Å². The Morgan fingerprint density at radius 2 is 2.00 bits per heavy atom. The summed E-state index contributed by atoms with van der Waals surface area (Å²) in [5.41, 5.74) is 0.159. The highest BCUT2D eigenvalue weighted by atomic mass is 32.2. The first-order chi connectivity index (χ1) is 9.27. The summed E-state index contributed by atoms with van der Waals surface area (Å²) >= 11 is 0.909. The van der Waals surface area contributed by atoms with Gasteiger partial charge in [-0.05, 0) is 26.0 Å². The van der Waals surface area contributed by atoms with E-state index < -0.39 is 16.6 Å². The predicted molar refractivity (Wildman–Crippen MR) is 76.6 cm³/mol. The van der Waals surface area contributed by atoms with Gasteiger partial charge in [-0.1, -0.05) is 11.8 Å². The van der Waals surface area contributed by atoms with Crippen molar-refractivity contribution in [1.29, 1.82) is 0 Å². The molecular formula is C13H16N2O4S. The van der Waals surface area contributed by atoms with Crippen LogP contribution in [0.1, 0.15) is 31.1 Å². The number of pyridine rings is 1. The molecule has 0 bridgehead atoms. The number of methoxy groups -OCH3 is 1. The van der Waals surface area contributed by atoms with Crippen LogP contribution in [0.2, 0.25) is 0 Å². The maximum Gasteiger partial charge on any atom is 0.341 e. The molecule has 0 aliphatic carbocycles. The number of anilines is 1. The van der Waals surface area contributed by atoms with E-state index in [1.807, 2.05) is 0 Å². The molecule has 1 aromatic rings. The number of esters is 1. The first kappa shape index (κ1) is 16.2. The molecule has 0 unspecified atom stereocenters. The first-order valence-electron chi connectivity index (χ1n) is 5.82. The molecule has 0 aromatic carbocycles. The fraction of sp³-hybridized carbons (Fsp3) is 0.385. The van der Waals surface area contributed by atoms with Crippen LogP contribution in [0.25, 0.3) is 0 Å². The molecule has 0 radical (unpaired) electrons. The maximum absolute atomic E-state index is 12.2. The molecule has 20 heavy (non-hydrogen) atoms. The second kappa shape index (κ2) is 6.51. The molecule has 0 aliphatic heterocycles. The van der Waals surface area contributed by atoms with Gasteiger partial charge in [0, 0.05) is 13.1 Å². The van der Waals surface area contributed by atoms with Gasteiger partial charge in [0.05, 0.1) is 11.9 Å². The minimum absolute atomic E-state index is 0.113. The standard InChI is InChI=1S/C13H16N2O4S/c1-8(16)20-13(2,3)12(18)15-10-9(11(17)19-4)6-5-7-14-10/h5-7H,1-4H3,(H,14,15,18). The Kier molecular flexibility index (Phi) is 5.26. The second-order valence-electron chi connectivity index (χ2n) is 4.45. The molecule has 0 saturated carbocycles. The van der Waals surface area contributed by atoms with Crippen LogP contribution in [-0.4, -0.2) is 33.8 Å². The lowest BCUT2D eigenvalue weighted by atomic mass is 10.2. The van der Waals surface area contributed by atoms with Crippen LogP contribution in [0, 0.1) is 0 Å². The van der Waals surface area contributed by atoms with Gasteiger partial charge in [0.1, 0.15) is 11.4 Å². The molecule has 1 N–H and O–H groups in total. The number of aromatic nitrogens is 1. The number of carbonyl (C=O) groups is 3. The number of thioether (sulfide) groups is 1. The second-order valence-corrected chi connectivity index (χ2v) is 6.25. The summed E-state index contributed by atoms with van der Waals surface area (Å²) in [5.74, 6) is -0.895. The van der Waals surface area contributed by atoms with Crippen LogP contribution in [0.15, 0.2) is 18.3 Å². The van der Waals surface area contributed by atoms with Crippen molar-refractivity contribution in [2.24, 2.45) is 0 Å². The van der Waals surface area contributed by atoms with Crippen LogP contribution < -0.4 is 5.32 Å². The molecule has 0 spiro atoms. The summed E-state index contributed by atoms with van der Waals surface area (Å²) in [6.07, 6.45) is 1.45. The normalized spacial score (nSPS) is 10.8. The molecule has 1 aromatic heterocycles. The lowest BCUT2D eigenvalue weighted by molar-refractivity contribution is -0.118. The molecule has 1 heterocycles. The van der Waals surface area contributed by atoms with Crippen molar-refractivity contribution < 1.29 is 19.1 Å². The number of nitrogens with zero attached hydrogens (tertiary/aromatic N) is 1. The highest BCUT2D eigenvalue weighted by molar-refractivity contribution is 8.15. The van der Waals surface area contributed by atoms with Gasteiger partial charge in [-0.2, -0.15) is 0 Å². The summed E-state index contributed by atoms with van der Waals surface area (Å²) < 4.78 is 3.66. The number of hydrogen-bond acceptors (Lipinski definition) is 6. The summed E-state index contributed by atoms with van der Waals surface area (Å²) in [6.45, 7) is 4.63. The van der Waals surface area contributed by atoms with E-state index in [0.29, 0.717) is 0 Å². The molecule has 0 aliphatic rings. The average Bonchev–Trinajstić information content (AvgIpc) is 2.37. The zero-order chi connectivity index (χ0) is 15.3. The third kappa shape index (κ3) is 4.06. The SMILES string of the molecule is COC(=O)c1cccnc1NC(=O)C(C)(C)SC(C)=O. The molecule has 108 valence electrons. The minimum Gasteiger partial charge on any atom is -0.465 e. The van der Waals surface area contributed by atoms with Crippen LogP contribution in [0.4, 0.5) is 5.82 Å². The summed E-state index contributed by atoms with van der Waals surface area (Å²) in [4.78, 5) is 38.8. The molecule has 0 saturated heterocycles. The van der Waals surface area contributed by atoms with E-state index in [0.717, 1.165) is 11.8 Å². The quantitative estimate of drug-likeness (QED) is 0.854. The van der Waals surface area contributed by atoms with Gasteiger partial charge in [-0.3, -0.25) is 9.59 Å². The van der Waals surface area contributed by atoms with E-state index in [9.17, 15) is 14.4 Å². The molecule has 6 nitrogen and oxygen atoms in total. The van der Waals surface area contributed by atoms with Crippen LogP contribution in [-0.2, 0) is 14.3 Å². The maximum atomic E-state index is 12.2. The van der Waals surface area contributed by atoms with Gasteiger partial charge < -0.3 is 10.1 Å². The minimum atomic E-state index is -0.962. The van der Waals surface area contributed by atoms with Gasteiger partial charge in [-0.25, -0.2) is 9.78 Å². The average molecular weight is 296 g/mol. The first-order valence-corrected chi connectivity index (χ1v) is 6.64. The van der Waals surface area contributed by atoms with Gasteiger partial charge in [0.25, 0.3) is 0 Å². The Morgan fingerprint density at radius 1 is 1.35 bits per heavy atom. The molecular weight excluding hydrogens is 280 g/mol. The molecule has 0 atom stereocenters. The topological polar surface area (TPSA) is 85.4 Å². The van der Waals surface area contributed by atoms with E-state index in [4.69, 9.17) is 0 Å². The number of amides is 1. The van der Waals surface area contributed by atoms with E-state index in [2.05, 4.69) is 15.0 Å². The Morgan fingerprint density at radius 3 is 2.55 bits per heavy atom. The highest BCUT2D eigenvalue weighted by Gasteiger charge is 2.31. The molecule has 7 heteroatoms. The van der Waals surface area contributed by atoms with Crippen molar-refractivity contribution in [3.63, 3.8) is 0 Å². The van der Waals surface area contributed by atoms with Crippen molar-refractivity contribution in [1.82, 2.24) is 4.98 Å². The van der Waals surface area contributed by atoms with Crippen LogP contribution in [0.3, 0.4) is 0 Å². The lowest BCUT2D eigenvalue weighted by Crippen LogP contribution is -2.35. The predicted octanol–water partition coefficient (Wildman–Crippen LogP) is 1.86. The zero-order valence-corrected chi connectivity index (χ0v) is 12.5. The van der Waals surface area contributed by atoms with Crippen molar-refractivity contribution in [2.45, 2.75) is 25.5 Å². The van der Waals surface area contributed by atoms with Crippen LogP contribution >= 0.6 is 11.8 Å². The van der Waals surface area contributed by atoms with Gasteiger partial charge in [0.15, 0.2) is 5.12 Å². The van der Waals surface area contributed by atoms with Crippen molar-refractivity contribution in [3.05, 3.63) is 23.9 Å². The monoisotopic (exact) mass is 296 g/mol. The smallest absolute Gasteiger partial charge is 0.341 e. The number of carbonyl (C=O) groups excluding carboxylic acids is 3. The third-order valence-electron chi connectivity index (χ3n) is 2.39. The Labute approximate surface area is 121 Å². The van der Waals surface area contributed by atoms with Crippen LogP contribution in [0.5, 0.6) is 0 Å². The van der Waals surface area contributed by atoms with E-state index in [-0.39, 0.29) is 16.5 Å². The number of nitrogens with one attached hydrogen (secondary N) is 1. The van der Waals surface area contributed by atoms with Gasteiger partial charge >= 0.3 is 5.97 Å². The van der Waals surface area contributed by atoms with Crippen molar-refractivity contribution >= 4 is 34.6 Å². The summed E-state index contributed by atoms with van der Waals surface area (Å²) in [6, 6.07) is 3.07. The largest absolute Gasteiger partial charge is 0.465 e. The van der Waals surface area contributed by atoms with Gasteiger partial charge in [0.2, 0.25) is 5.91 Å². The Hall–Kier alpha value is -1.89. The Balaban J connectivity index is 2.96. The summed E-state index contributed by atoms with van der Waals surface area (Å²) in [7, 11) is 1.25. The lowest BCUT2D eigenvalue weighted by Gasteiger charge is -2.21. The molecule has 1 rings (SSSR count). The number of ether oxygens (including phenoxy) is 1. The zero-order valence-electron chi connectivity index (χ0n) is 11.7. The van der Waals surface area contributed by atoms with Gasteiger partial charge in [-0.15, -0.1) is 0 Å². The number of rotatable bonds is 4. The summed E-state index contributed by atoms with van der Waals surface area (Å²) in [5, 5.41) is 2.38. The Bertz CT molecular complexity index is 543. The van der Waals surface area contributed by atoms with E-state index >= 15 is 0 Å². The number of hydrogen-bond donors (Lipinski definition) is 1. The highest BCUT2D eigenvalue weighted by Crippen LogP contribution is 2.27. The van der Waals surface area contributed by atoms with Crippen molar-refractivity contribution in [3.8, 4) is 0 Å². The third-order valence-corrected chi connectivity index (χ3v) is 3.37. The fourth-order valence-corrected chi connectivity index (χ4v) is 2.31. The fourth-order valence-electron chi connectivity index (χ4n) is 1.44. The van der Waals surface area contributed by atoms with Crippen molar-refractivity contribution in [2.75, 3.05) is 12.4 Å².